The van der Waals surface area contributed by atoms with Crippen LogP contribution >= 0.6 is 11.3 Å². The topological polar surface area (TPSA) is 69.8 Å². The van der Waals surface area contributed by atoms with Crippen LogP contribution in [0.3, 0.4) is 0 Å². The molecule has 0 aliphatic heterocycles. The molecule has 0 aliphatic carbocycles. The minimum Gasteiger partial charge on any atom is -0.338 e. The van der Waals surface area contributed by atoms with Crippen LogP contribution in [0.2, 0.25) is 0 Å². The van der Waals surface area contributed by atoms with E-state index in [0.717, 1.165) is 27.4 Å². The number of hydrogen-bond donors (Lipinski definition) is 3. The molecule has 2 heterocycles. The Morgan fingerprint density at radius 2 is 1.92 bits per heavy atom. The lowest BCUT2D eigenvalue weighted by Gasteiger charge is -2.07. The summed E-state index contributed by atoms with van der Waals surface area (Å²) in [5.41, 5.74) is 3.53. The van der Waals surface area contributed by atoms with Gasteiger partial charge in [-0.05, 0) is 41.8 Å². The van der Waals surface area contributed by atoms with Gasteiger partial charge in [0.1, 0.15) is 5.82 Å². The number of H-pyrrole nitrogens is 1. The van der Waals surface area contributed by atoms with E-state index in [-0.39, 0.29) is 6.03 Å². The van der Waals surface area contributed by atoms with Crippen molar-refractivity contribution >= 4 is 39.1 Å². The number of carbonyl (C=O) groups is 1. The highest BCUT2D eigenvalue weighted by Crippen LogP contribution is 2.23. The normalized spacial score (nSPS) is 10.7. The van der Waals surface area contributed by atoms with Crippen molar-refractivity contribution in [2.45, 2.75) is 0 Å². The molecule has 0 unspecified atom stereocenters. The van der Waals surface area contributed by atoms with Gasteiger partial charge in [-0.25, -0.2) is 9.78 Å². The second-order valence-corrected chi connectivity index (χ2v) is 6.19. The maximum Gasteiger partial charge on any atom is 0.324 e. The molecule has 0 spiro atoms. The number of nitrogens with zero attached hydrogens (tertiary/aromatic N) is 1. The quantitative estimate of drug-likeness (QED) is 0.497. The summed E-state index contributed by atoms with van der Waals surface area (Å²) in [7, 11) is 0. The molecule has 2 amide bonds. The smallest absolute Gasteiger partial charge is 0.324 e. The minimum absolute atomic E-state index is 0.265. The number of aromatic amines is 1. The first kappa shape index (κ1) is 14.5. The Bertz CT molecular complexity index is 958. The van der Waals surface area contributed by atoms with Gasteiger partial charge in [0.05, 0.1) is 16.0 Å². The summed E-state index contributed by atoms with van der Waals surface area (Å²) >= 11 is 1.48. The number of urea groups is 1. The molecule has 0 radical (unpaired) electrons. The molecule has 0 atom stereocenters. The van der Waals surface area contributed by atoms with Crippen LogP contribution in [0.25, 0.3) is 22.4 Å². The highest BCUT2D eigenvalue weighted by atomic mass is 32.1. The third kappa shape index (κ3) is 3.00. The molecule has 4 aromatic rings. The largest absolute Gasteiger partial charge is 0.338 e. The van der Waals surface area contributed by atoms with Gasteiger partial charge in [-0.3, -0.25) is 5.32 Å². The van der Waals surface area contributed by atoms with Gasteiger partial charge in [0, 0.05) is 11.3 Å². The number of amides is 2. The molecule has 118 valence electrons. The van der Waals surface area contributed by atoms with Crippen molar-refractivity contribution in [2.75, 3.05) is 10.6 Å². The molecule has 0 saturated heterocycles. The molecule has 0 bridgehead atoms. The average Bonchev–Trinajstić information content (AvgIpc) is 3.24. The summed E-state index contributed by atoms with van der Waals surface area (Å²) in [6.07, 6.45) is 0. The number of thiophene rings is 1. The van der Waals surface area contributed by atoms with Gasteiger partial charge in [-0.2, -0.15) is 0 Å². The number of fused-ring (bicyclic) bond motifs is 1. The van der Waals surface area contributed by atoms with Crippen molar-refractivity contribution < 1.29 is 4.79 Å². The van der Waals surface area contributed by atoms with Crippen molar-refractivity contribution in [3.63, 3.8) is 0 Å². The Kier molecular flexibility index (Phi) is 3.72. The molecule has 3 N–H and O–H groups in total. The molecular formula is C18H14N4OS. The van der Waals surface area contributed by atoms with Crippen molar-refractivity contribution in [3.05, 3.63) is 66.0 Å². The minimum atomic E-state index is -0.265. The Balaban J connectivity index is 1.55. The molecule has 24 heavy (non-hydrogen) atoms. The maximum absolute atomic E-state index is 12.0. The lowest BCUT2D eigenvalue weighted by molar-refractivity contribution is 0.262. The summed E-state index contributed by atoms with van der Waals surface area (Å²) in [5.74, 6) is 0.776. The summed E-state index contributed by atoms with van der Waals surface area (Å²) in [4.78, 5) is 19.9. The number of imidazole rings is 1. The van der Waals surface area contributed by atoms with Gasteiger partial charge in [-0.1, -0.05) is 24.3 Å². The fourth-order valence-electron chi connectivity index (χ4n) is 2.46. The molecule has 0 aliphatic rings. The number of carbonyl (C=O) groups excluding carboxylic acids is 1. The van der Waals surface area contributed by atoms with Crippen molar-refractivity contribution in [3.8, 4) is 11.4 Å². The zero-order valence-electron chi connectivity index (χ0n) is 12.6. The van der Waals surface area contributed by atoms with Crippen LogP contribution in [0.4, 0.5) is 15.5 Å². The first-order valence-electron chi connectivity index (χ1n) is 7.45. The molecular weight excluding hydrogens is 320 g/mol. The van der Waals surface area contributed by atoms with E-state index in [1.165, 1.54) is 11.3 Å². The lowest BCUT2D eigenvalue weighted by atomic mass is 10.2. The second kappa shape index (κ2) is 6.17. The molecule has 0 fully saturated rings. The van der Waals surface area contributed by atoms with Crippen molar-refractivity contribution in [2.24, 2.45) is 0 Å². The average molecular weight is 334 g/mol. The summed E-state index contributed by atoms with van der Waals surface area (Å²) in [6.45, 7) is 0. The molecule has 6 heteroatoms. The van der Waals surface area contributed by atoms with E-state index in [1.54, 1.807) is 0 Å². The van der Waals surface area contributed by atoms with E-state index < -0.39 is 0 Å². The molecule has 0 saturated carbocycles. The molecule has 5 nitrogen and oxygen atoms in total. The SMILES string of the molecule is O=C(Nc1cccc(-c2nc3ccccc3[nH]2)c1)Nc1cccs1. The number of para-hydroxylation sites is 2. The van der Waals surface area contributed by atoms with E-state index in [9.17, 15) is 4.79 Å². The number of anilines is 2. The Morgan fingerprint density at radius 3 is 2.75 bits per heavy atom. The monoisotopic (exact) mass is 334 g/mol. The summed E-state index contributed by atoms with van der Waals surface area (Å²) in [6, 6.07) is 19.0. The highest BCUT2D eigenvalue weighted by molar-refractivity contribution is 7.14. The fraction of sp³-hybridized carbons (Fsp3) is 0. The van der Waals surface area contributed by atoms with E-state index in [0.29, 0.717) is 5.69 Å². The first-order valence-corrected chi connectivity index (χ1v) is 8.32. The van der Waals surface area contributed by atoms with Crippen LogP contribution in [0.1, 0.15) is 0 Å². The van der Waals surface area contributed by atoms with E-state index in [1.807, 2.05) is 66.0 Å². The third-order valence-corrected chi connectivity index (χ3v) is 4.33. The number of benzene rings is 2. The van der Waals surface area contributed by atoms with Gasteiger partial charge in [0.2, 0.25) is 0 Å². The van der Waals surface area contributed by atoms with Crippen LogP contribution in [0, 0.1) is 0 Å². The van der Waals surface area contributed by atoms with Crippen LogP contribution < -0.4 is 10.6 Å². The number of aromatic nitrogens is 2. The Hall–Kier alpha value is -3.12. The molecule has 4 rings (SSSR count). The third-order valence-electron chi connectivity index (χ3n) is 3.54. The lowest BCUT2D eigenvalue weighted by Crippen LogP contribution is -2.18. The standard InChI is InChI=1S/C18H14N4OS/c23-18(22-16-9-4-10-24-16)19-13-6-3-5-12(11-13)17-20-14-7-1-2-8-15(14)21-17/h1-11H,(H,20,21)(H2,19,22,23). The number of hydrogen-bond acceptors (Lipinski definition) is 3. The van der Waals surface area contributed by atoms with Crippen LogP contribution in [-0.4, -0.2) is 16.0 Å². The first-order chi connectivity index (χ1) is 11.8. The van der Waals surface area contributed by atoms with Gasteiger partial charge < -0.3 is 10.3 Å². The van der Waals surface area contributed by atoms with E-state index in [2.05, 4.69) is 20.6 Å². The van der Waals surface area contributed by atoms with Crippen LogP contribution in [0.5, 0.6) is 0 Å². The van der Waals surface area contributed by atoms with Crippen LogP contribution in [0.15, 0.2) is 66.0 Å². The van der Waals surface area contributed by atoms with Crippen molar-refractivity contribution in [1.82, 2.24) is 9.97 Å². The fourth-order valence-corrected chi connectivity index (χ4v) is 3.07. The van der Waals surface area contributed by atoms with E-state index >= 15 is 0 Å². The Morgan fingerprint density at radius 1 is 1.00 bits per heavy atom. The van der Waals surface area contributed by atoms with E-state index in [4.69, 9.17) is 0 Å². The summed E-state index contributed by atoms with van der Waals surface area (Å²) in [5, 5.41) is 8.36. The van der Waals surface area contributed by atoms with Crippen molar-refractivity contribution in [1.29, 1.82) is 0 Å². The molecule has 2 aromatic heterocycles. The second-order valence-electron chi connectivity index (χ2n) is 5.24. The van der Waals surface area contributed by atoms with Gasteiger partial charge >= 0.3 is 6.03 Å². The van der Waals surface area contributed by atoms with Gasteiger partial charge in [-0.15, -0.1) is 11.3 Å². The zero-order valence-corrected chi connectivity index (χ0v) is 13.4. The maximum atomic E-state index is 12.0. The molecule has 2 aromatic carbocycles. The summed E-state index contributed by atoms with van der Waals surface area (Å²) < 4.78 is 0. The van der Waals surface area contributed by atoms with Gasteiger partial charge in [0.25, 0.3) is 0 Å². The van der Waals surface area contributed by atoms with Crippen LogP contribution in [-0.2, 0) is 0 Å². The number of rotatable bonds is 3. The zero-order chi connectivity index (χ0) is 16.4. The number of nitrogens with one attached hydrogen (secondary N) is 3. The predicted octanol–water partition coefficient (Wildman–Crippen LogP) is 4.94. The predicted molar refractivity (Wildman–Crippen MR) is 98.5 cm³/mol. The Labute approximate surface area is 142 Å². The van der Waals surface area contributed by atoms with Gasteiger partial charge in [0.15, 0.2) is 0 Å². The highest BCUT2D eigenvalue weighted by Gasteiger charge is 2.07.